The molecule has 1 fully saturated rings. The first-order valence-electron chi connectivity index (χ1n) is 6.90. The number of hydrogen-bond acceptors (Lipinski definition) is 4. The molecule has 2 rings (SSSR count). The first-order valence-corrected chi connectivity index (χ1v) is 8.79. The smallest absolute Gasteiger partial charge is 0.317 e. The maximum atomic E-state index is 12.1. The van der Waals surface area contributed by atoms with E-state index in [4.69, 9.17) is 0 Å². The normalized spacial score (nSPS) is 19.5. The number of imidazole rings is 1. The molecule has 1 saturated heterocycles. The molecule has 0 radical (unpaired) electrons. The third-order valence-electron chi connectivity index (χ3n) is 3.29. The van der Waals surface area contributed by atoms with Gasteiger partial charge in [0.25, 0.3) is 0 Å². The minimum Gasteiger partial charge on any atom is -0.336 e. The number of aromatic nitrogens is 2. The average Bonchev–Trinajstić information content (AvgIpc) is 2.90. The number of amides is 2. The number of nitrogens with one attached hydrogen (secondary N) is 2. The van der Waals surface area contributed by atoms with Crippen molar-refractivity contribution in [2.24, 2.45) is 0 Å². The van der Waals surface area contributed by atoms with Gasteiger partial charge in [0, 0.05) is 44.6 Å². The maximum absolute atomic E-state index is 12.1. The largest absolute Gasteiger partial charge is 0.336 e. The van der Waals surface area contributed by atoms with Gasteiger partial charge < -0.3 is 14.8 Å². The van der Waals surface area contributed by atoms with Gasteiger partial charge in [-0.3, -0.25) is 0 Å². The fourth-order valence-electron chi connectivity index (χ4n) is 2.38. The van der Waals surface area contributed by atoms with Crippen LogP contribution >= 0.6 is 0 Å². The summed E-state index contributed by atoms with van der Waals surface area (Å²) in [6.07, 6.45) is 7.90. The van der Waals surface area contributed by atoms with Crippen molar-refractivity contribution in [3.8, 4) is 0 Å². The van der Waals surface area contributed by atoms with Crippen LogP contribution in [0.25, 0.3) is 0 Å². The molecular weight excluding hydrogens is 294 g/mol. The number of sulfonamides is 1. The van der Waals surface area contributed by atoms with Crippen molar-refractivity contribution in [1.82, 2.24) is 24.5 Å². The van der Waals surface area contributed by atoms with Crippen LogP contribution < -0.4 is 10.0 Å². The SMILES string of the molecule is CS(=O)(=O)N[C@H]1CCCN(C(=O)NCCn2ccnc2)C1. The molecule has 1 atom stereocenters. The van der Waals surface area contributed by atoms with Crippen LogP contribution in [-0.4, -0.2) is 60.8 Å². The average molecular weight is 315 g/mol. The van der Waals surface area contributed by atoms with E-state index in [1.807, 2.05) is 10.8 Å². The topological polar surface area (TPSA) is 96.3 Å². The Hall–Kier alpha value is -1.61. The van der Waals surface area contributed by atoms with E-state index in [-0.39, 0.29) is 12.1 Å². The maximum Gasteiger partial charge on any atom is 0.317 e. The summed E-state index contributed by atoms with van der Waals surface area (Å²) in [7, 11) is -3.24. The minimum absolute atomic E-state index is 0.157. The van der Waals surface area contributed by atoms with Crippen molar-refractivity contribution in [2.75, 3.05) is 25.9 Å². The third-order valence-corrected chi connectivity index (χ3v) is 4.06. The lowest BCUT2D eigenvalue weighted by Gasteiger charge is -2.32. The van der Waals surface area contributed by atoms with Crippen LogP contribution in [0.15, 0.2) is 18.7 Å². The third kappa shape index (κ3) is 5.35. The van der Waals surface area contributed by atoms with Gasteiger partial charge in [-0.15, -0.1) is 0 Å². The molecule has 0 aromatic carbocycles. The van der Waals surface area contributed by atoms with Crippen molar-refractivity contribution in [2.45, 2.75) is 25.4 Å². The Morgan fingerprint density at radius 2 is 2.29 bits per heavy atom. The van der Waals surface area contributed by atoms with Gasteiger partial charge in [-0.05, 0) is 12.8 Å². The van der Waals surface area contributed by atoms with E-state index in [0.29, 0.717) is 26.2 Å². The second-order valence-electron chi connectivity index (χ2n) is 5.21. The number of rotatable bonds is 5. The lowest BCUT2D eigenvalue weighted by Crippen LogP contribution is -2.52. The van der Waals surface area contributed by atoms with Gasteiger partial charge in [-0.1, -0.05) is 0 Å². The van der Waals surface area contributed by atoms with E-state index in [9.17, 15) is 13.2 Å². The number of piperidine rings is 1. The zero-order valence-electron chi connectivity index (χ0n) is 12.0. The van der Waals surface area contributed by atoms with E-state index < -0.39 is 10.0 Å². The van der Waals surface area contributed by atoms with Crippen molar-refractivity contribution >= 4 is 16.1 Å². The van der Waals surface area contributed by atoms with Crippen molar-refractivity contribution in [3.63, 3.8) is 0 Å². The highest BCUT2D eigenvalue weighted by Gasteiger charge is 2.25. The fraction of sp³-hybridized carbons (Fsp3) is 0.667. The predicted octanol–water partition coefficient (Wildman–Crippen LogP) is -0.394. The standard InChI is InChI=1S/C12H21N5O3S/c1-21(19,20)15-11-3-2-6-17(9-11)12(18)14-5-8-16-7-4-13-10-16/h4,7,10-11,15H,2-3,5-6,8-9H2,1H3,(H,14,18)/t11-/m0/s1. The molecule has 0 spiro atoms. The molecule has 1 aromatic rings. The van der Waals surface area contributed by atoms with E-state index >= 15 is 0 Å². The number of carbonyl (C=O) groups excluding carboxylic acids is 1. The number of hydrogen-bond donors (Lipinski definition) is 2. The molecule has 2 N–H and O–H groups in total. The van der Waals surface area contributed by atoms with E-state index in [1.54, 1.807) is 17.4 Å². The van der Waals surface area contributed by atoms with Crippen LogP contribution in [0.2, 0.25) is 0 Å². The molecule has 2 heterocycles. The summed E-state index contributed by atoms with van der Waals surface area (Å²) in [5.41, 5.74) is 0. The van der Waals surface area contributed by atoms with Gasteiger partial charge in [0.2, 0.25) is 10.0 Å². The van der Waals surface area contributed by atoms with Crippen molar-refractivity contribution < 1.29 is 13.2 Å². The van der Waals surface area contributed by atoms with E-state index in [0.717, 1.165) is 19.1 Å². The predicted molar refractivity (Wildman–Crippen MR) is 78.2 cm³/mol. The molecule has 1 aliphatic rings. The molecule has 21 heavy (non-hydrogen) atoms. The van der Waals surface area contributed by atoms with Crippen molar-refractivity contribution in [1.29, 1.82) is 0 Å². The van der Waals surface area contributed by atoms with Crippen LogP contribution in [0.5, 0.6) is 0 Å². The molecule has 0 aliphatic carbocycles. The summed E-state index contributed by atoms with van der Waals surface area (Å²) >= 11 is 0. The zero-order chi connectivity index (χ0) is 15.3. The number of carbonyl (C=O) groups is 1. The van der Waals surface area contributed by atoms with Gasteiger partial charge in [0.1, 0.15) is 0 Å². The lowest BCUT2D eigenvalue weighted by atomic mass is 10.1. The molecule has 1 aliphatic heterocycles. The first-order chi connectivity index (χ1) is 9.94. The van der Waals surface area contributed by atoms with Crippen LogP contribution in [0, 0.1) is 0 Å². The van der Waals surface area contributed by atoms with Gasteiger partial charge in [-0.2, -0.15) is 0 Å². The zero-order valence-corrected chi connectivity index (χ0v) is 12.8. The molecular formula is C12H21N5O3S. The summed E-state index contributed by atoms with van der Waals surface area (Å²) in [4.78, 5) is 17.6. The summed E-state index contributed by atoms with van der Waals surface area (Å²) in [5.74, 6) is 0. The Kier molecular flexibility index (Phi) is 5.18. The number of likely N-dealkylation sites (tertiary alicyclic amines) is 1. The Balaban J connectivity index is 1.76. The molecule has 0 bridgehead atoms. The van der Waals surface area contributed by atoms with Crippen LogP contribution in [0.4, 0.5) is 4.79 Å². The Labute approximate surface area is 124 Å². The van der Waals surface area contributed by atoms with Crippen LogP contribution in [-0.2, 0) is 16.6 Å². The molecule has 8 nitrogen and oxygen atoms in total. The summed E-state index contributed by atoms with van der Waals surface area (Å²) in [6.45, 7) is 2.23. The monoisotopic (exact) mass is 315 g/mol. The van der Waals surface area contributed by atoms with Crippen LogP contribution in [0.3, 0.4) is 0 Å². The summed E-state index contributed by atoms with van der Waals surface area (Å²) in [6, 6.07) is -0.358. The Bertz CT molecular complexity index is 557. The molecule has 118 valence electrons. The Morgan fingerprint density at radius 1 is 1.48 bits per heavy atom. The van der Waals surface area contributed by atoms with Crippen molar-refractivity contribution in [3.05, 3.63) is 18.7 Å². The highest BCUT2D eigenvalue weighted by atomic mass is 32.2. The fourth-order valence-corrected chi connectivity index (χ4v) is 3.18. The van der Waals surface area contributed by atoms with Gasteiger partial charge >= 0.3 is 6.03 Å². The lowest BCUT2D eigenvalue weighted by molar-refractivity contribution is 0.177. The molecule has 9 heteroatoms. The molecule has 1 aromatic heterocycles. The summed E-state index contributed by atoms with van der Waals surface area (Å²) < 4.78 is 26.9. The van der Waals surface area contributed by atoms with E-state index in [1.165, 1.54) is 0 Å². The number of nitrogens with zero attached hydrogens (tertiary/aromatic N) is 3. The van der Waals surface area contributed by atoms with Gasteiger partial charge in [0.05, 0.1) is 12.6 Å². The second-order valence-corrected chi connectivity index (χ2v) is 6.99. The van der Waals surface area contributed by atoms with Gasteiger partial charge in [-0.25, -0.2) is 22.9 Å². The first kappa shape index (κ1) is 15.8. The molecule has 2 amide bonds. The molecule has 0 saturated carbocycles. The molecule has 0 unspecified atom stereocenters. The second kappa shape index (κ2) is 6.90. The Morgan fingerprint density at radius 3 is 2.95 bits per heavy atom. The van der Waals surface area contributed by atoms with Gasteiger partial charge in [0.15, 0.2) is 0 Å². The van der Waals surface area contributed by atoms with Crippen LogP contribution in [0.1, 0.15) is 12.8 Å². The number of urea groups is 1. The minimum atomic E-state index is -3.24. The summed E-state index contributed by atoms with van der Waals surface area (Å²) in [5, 5.41) is 2.84. The highest BCUT2D eigenvalue weighted by molar-refractivity contribution is 7.88. The van der Waals surface area contributed by atoms with E-state index in [2.05, 4.69) is 15.0 Å². The quantitative estimate of drug-likeness (QED) is 0.773. The highest BCUT2D eigenvalue weighted by Crippen LogP contribution is 2.10.